The minimum absolute atomic E-state index is 0.00118. The molecule has 0 fully saturated rings. The Labute approximate surface area is 114 Å². The Kier molecular flexibility index (Phi) is 2.68. The molecule has 0 aliphatic carbocycles. The van der Waals surface area contributed by atoms with Gasteiger partial charge in [0.2, 0.25) is 0 Å². The van der Waals surface area contributed by atoms with E-state index in [1.807, 2.05) is 0 Å². The van der Waals surface area contributed by atoms with Crippen LogP contribution in [0.15, 0.2) is 42.5 Å². The van der Waals surface area contributed by atoms with Crippen LogP contribution >= 0.6 is 0 Å². The van der Waals surface area contributed by atoms with Crippen molar-refractivity contribution >= 4 is 17.4 Å². The molecule has 0 spiro atoms. The first-order chi connectivity index (χ1) is 9.58. The average molecular weight is 269 g/mol. The molecule has 1 heterocycles. The third-order valence-electron chi connectivity index (χ3n) is 3.33. The summed E-state index contributed by atoms with van der Waals surface area (Å²) in [6, 6.07) is 10.3. The summed E-state index contributed by atoms with van der Waals surface area (Å²) in [6.45, 7) is 0. The van der Waals surface area contributed by atoms with Gasteiger partial charge in [-0.25, -0.2) is 4.79 Å². The maximum Gasteiger partial charge on any atom is 0.336 e. The minimum Gasteiger partial charge on any atom is -0.508 e. The average Bonchev–Trinajstić information content (AvgIpc) is 2.77. The summed E-state index contributed by atoms with van der Waals surface area (Å²) < 4.78 is 0. The summed E-state index contributed by atoms with van der Waals surface area (Å²) >= 11 is 0. The number of aromatic hydroxyl groups is 1. The molecule has 20 heavy (non-hydrogen) atoms. The number of carbonyl (C=O) groups excluding carboxylic acids is 1. The zero-order valence-electron chi connectivity index (χ0n) is 10.3. The number of ketones is 1. The second kappa shape index (κ2) is 4.38. The molecule has 0 aromatic heterocycles. The van der Waals surface area contributed by atoms with E-state index in [4.69, 9.17) is 5.11 Å². The largest absolute Gasteiger partial charge is 0.508 e. The molecule has 5 nitrogen and oxygen atoms in total. The van der Waals surface area contributed by atoms with Gasteiger partial charge in [-0.3, -0.25) is 4.79 Å². The summed E-state index contributed by atoms with van der Waals surface area (Å²) in [6.07, 6.45) is 0. The molecule has 0 bridgehead atoms. The Bertz CT molecular complexity index is 706. The van der Waals surface area contributed by atoms with Crippen LogP contribution in [0.5, 0.6) is 5.75 Å². The van der Waals surface area contributed by atoms with Crippen molar-refractivity contribution in [3.05, 3.63) is 59.2 Å². The van der Waals surface area contributed by atoms with Gasteiger partial charge in [0.05, 0.1) is 11.1 Å². The fraction of sp³-hybridized carbons (Fsp3) is 0.0667. The fourth-order valence-electron chi connectivity index (χ4n) is 2.38. The predicted molar refractivity (Wildman–Crippen MR) is 72.2 cm³/mol. The van der Waals surface area contributed by atoms with Crippen molar-refractivity contribution in [3.63, 3.8) is 0 Å². The number of carboxylic acid groups (broad SMARTS) is 1. The van der Waals surface area contributed by atoms with E-state index in [2.05, 4.69) is 5.32 Å². The van der Waals surface area contributed by atoms with Crippen LogP contribution in [0.25, 0.3) is 0 Å². The van der Waals surface area contributed by atoms with Crippen molar-refractivity contribution in [1.82, 2.24) is 0 Å². The molecular weight excluding hydrogens is 258 g/mol. The molecule has 3 N–H and O–H groups in total. The van der Waals surface area contributed by atoms with Gasteiger partial charge >= 0.3 is 5.97 Å². The van der Waals surface area contributed by atoms with E-state index in [0.717, 1.165) is 0 Å². The van der Waals surface area contributed by atoms with Gasteiger partial charge < -0.3 is 15.5 Å². The highest BCUT2D eigenvalue weighted by Crippen LogP contribution is 2.36. The van der Waals surface area contributed by atoms with Crippen LogP contribution in [0.2, 0.25) is 0 Å². The van der Waals surface area contributed by atoms with Crippen molar-refractivity contribution in [2.75, 3.05) is 5.32 Å². The van der Waals surface area contributed by atoms with E-state index >= 15 is 0 Å². The number of Topliss-reactive ketones (excluding diaryl/α,β-unsaturated/α-hetero) is 1. The van der Waals surface area contributed by atoms with Gasteiger partial charge in [-0.15, -0.1) is 0 Å². The number of benzene rings is 2. The lowest BCUT2D eigenvalue weighted by atomic mass is 9.98. The monoisotopic (exact) mass is 269 g/mol. The number of anilines is 1. The number of fused-ring (bicyclic) bond motifs is 1. The van der Waals surface area contributed by atoms with Crippen LogP contribution in [-0.4, -0.2) is 22.0 Å². The van der Waals surface area contributed by atoms with E-state index in [1.54, 1.807) is 24.3 Å². The zero-order chi connectivity index (χ0) is 14.3. The van der Waals surface area contributed by atoms with Gasteiger partial charge in [-0.1, -0.05) is 18.2 Å². The van der Waals surface area contributed by atoms with Gasteiger partial charge in [-0.05, 0) is 29.8 Å². The fourth-order valence-corrected chi connectivity index (χ4v) is 2.38. The van der Waals surface area contributed by atoms with Crippen LogP contribution in [-0.2, 0) is 0 Å². The van der Waals surface area contributed by atoms with Crippen molar-refractivity contribution in [2.24, 2.45) is 0 Å². The molecule has 0 saturated heterocycles. The van der Waals surface area contributed by atoms with Crippen LogP contribution in [0, 0.1) is 0 Å². The minimum atomic E-state index is -1.12. The Morgan fingerprint density at radius 2 is 1.80 bits per heavy atom. The number of hydrogen-bond donors (Lipinski definition) is 3. The Hall–Kier alpha value is -2.82. The molecular formula is C15H11NO4. The van der Waals surface area contributed by atoms with Crippen molar-refractivity contribution in [1.29, 1.82) is 0 Å². The lowest BCUT2D eigenvalue weighted by molar-refractivity contribution is 0.0692. The number of carboxylic acids is 1. The number of hydrogen-bond acceptors (Lipinski definition) is 4. The van der Waals surface area contributed by atoms with Gasteiger partial charge in [0.15, 0.2) is 5.78 Å². The van der Waals surface area contributed by atoms with Crippen molar-refractivity contribution in [3.8, 4) is 5.75 Å². The van der Waals surface area contributed by atoms with Crippen LogP contribution in [0.1, 0.15) is 32.3 Å². The molecule has 3 rings (SSSR count). The number of phenols is 1. The highest BCUT2D eigenvalue weighted by atomic mass is 16.4. The molecule has 2 aromatic rings. The Morgan fingerprint density at radius 1 is 1.10 bits per heavy atom. The van der Waals surface area contributed by atoms with E-state index in [0.29, 0.717) is 11.3 Å². The second-order valence-corrected chi connectivity index (χ2v) is 4.57. The first-order valence-electron chi connectivity index (χ1n) is 6.04. The number of carbonyl (C=O) groups is 2. The van der Waals surface area contributed by atoms with E-state index in [1.165, 1.54) is 18.2 Å². The molecule has 1 unspecified atom stereocenters. The maximum absolute atomic E-state index is 12.4. The standard InChI is InChI=1S/C15H11NO4/c17-9-6-4-8(5-7-9)13-14(18)12-10(15(19)20)2-1-3-11(12)16-13/h1-7,13,16-17H,(H,19,20). The Balaban J connectivity index is 2.05. The Morgan fingerprint density at radius 3 is 2.45 bits per heavy atom. The predicted octanol–water partition coefficient (Wildman–Crippen LogP) is 2.44. The topological polar surface area (TPSA) is 86.6 Å². The van der Waals surface area contributed by atoms with Gasteiger partial charge in [0.25, 0.3) is 0 Å². The van der Waals surface area contributed by atoms with Crippen molar-refractivity contribution in [2.45, 2.75) is 6.04 Å². The molecule has 1 atom stereocenters. The molecule has 1 aliphatic rings. The van der Waals surface area contributed by atoms with Crippen molar-refractivity contribution < 1.29 is 19.8 Å². The maximum atomic E-state index is 12.4. The number of nitrogens with one attached hydrogen (secondary N) is 1. The highest BCUT2D eigenvalue weighted by Gasteiger charge is 2.34. The summed E-state index contributed by atoms with van der Waals surface area (Å²) in [7, 11) is 0. The molecule has 0 amide bonds. The second-order valence-electron chi connectivity index (χ2n) is 4.57. The van der Waals surface area contributed by atoms with Gasteiger partial charge in [-0.2, -0.15) is 0 Å². The SMILES string of the molecule is O=C(O)c1cccc2c1C(=O)C(c1ccc(O)cc1)N2. The number of phenolic OH excluding ortho intramolecular Hbond substituents is 1. The molecule has 100 valence electrons. The molecule has 1 aliphatic heterocycles. The summed E-state index contributed by atoms with van der Waals surface area (Å²) in [5.41, 5.74) is 1.41. The molecule has 0 saturated carbocycles. The lowest BCUT2D eigenvalue weighted by Gasteiger charge is -2.10. The van der Waals surface area contributed by atoms with Crippen LogP contribution < -0.4 is 5.32 Å². The molecule has 2 aromatic carbocycles. The van der Waals surface area contributed by atoms with Gasteiger partial charge in [0, 0.05) is 5.69 Å². The summed E-state index contributed by atoms with van der Waals surface area (Å²) in [4.78, 5) is 23.6. The zero-order valence-corrected chi connectivity index (χ0v) is 10.3. The summed E-state index contributed by atoms with van der Waals surface area (Å²) in [5.74, 6) is -1.28. The lowest BCUT2D eigenvalue weighted by Crippen LogP contribution is -2.13. The van der Waals surface area contributed by atoms with E-state index in [-0.39, 0.29) is 22.7 Å². The molecule has 5 heteroatoms. The van der Waals surface area contributed by atoms with E-state index in [9.17, 15) is 14.7 Å². The third kappa shape index (κ3) is 1.80. The normalized spacial score (nSPS) is 16.6. The number of aromatic carboxylic acids is 1. The first-order valence-corrected chi connectivity index (χ1v) is 6.04. The first kappa shape index (κ1) is 12.2. The third-order valence-corrected chi connectivity index (χ3v) is 3.33. The smallest absolute Gasteiger partial charge is 0.336 e. The highest BCUT2D eigenvalue weighted by molar-refractivity contribution is 6.16. The quantitative estimate of drug-likeness (QED) is 0.779. The molecule has 0 radical (unpaired) electrons. The van der Waals surface area contributed by atoms with Crippen LogP contribution in [0.4, 0.5) is 5.69 Å². The van der Waals surface area contributed by atoms with Gasteiger partial charge in [0.1, 0.15) is 11.8 Å². The summed E-state index contributed by atoms with van der Waals surface area (Å²) in [5, 5.41) is 21.4. The van der Waals surface area contributed by atoms with Crippen LogP contribution in [0.3, 0.4) is 0 Å². The number of rotatable bonds is 2. The van der Waals surface area contributed by atoms with E-state index < -0.39 is 12.0 Å².